The minimum atomic E-state index is -4.49. The topological polar surface area (TPSA) is 98.9 Å². The maximum Gasteiger partial charge on any atom is 0.516 e. The molecule has 0 heterocycles. The average molecular weight is 345 g/mol. The van der Waals surface area contributed by atoms with Gasteiger partial charge in [0.15, 0.2) is 5.72 Å². The Bertz CT molecular complexity index is 582. The molecule has 1 aromatic carbocycles. The van der Waals surface area contributed by atoms with Crippen LogP contribution in [0.2, 0.25) is 0 Å². The van der Waals surface area contributed by atoms with Gasteiger partial charge in [0.25, 0.3) is 0 Å². The number of benzene rings is 1. The third kappa shape index (κ3) is 5.54. The standard InChI is InChI=1S/C16H21F2NO5/c1-14(2,3)24-13(21)23-12(20)16(17,18)15(19,22)10-9-11-7-5-4-6-8-11/h4-8,22H,9-10,19H2,1-3H3/t15-/m1/s1. The van der Waals surface area contributed by atoms with Crippen molar-refractivity contribution < 1.29 is 33.0 Å². The Morgan fingerprint density at radius 3 is 2.21 bits per heavy atom. The molecule has 24 heavy (non-hydrogen) atoms. The first-order valence-electron chi connectivity index (χ1n) is 7.23. The molecule has 0 saturated heterocycles. The molecule has 0 spiro atoms. The summed E-state index contributed by atoms with van der Waals surface area (Å²) in [5.74, 6) is -6.76. The highest BCUT2D eigenvalue weighted by molar-refractivity contribution is 5.87. The molecule has 8 heteroatoms. The monoisotopic (exact) mass is 345 g/mol. The quantitative estimate of drug-likeness (QED) is 0.483. The Balaban J connectivity index is 2.72. The van der Waals surface area contributed by atoms with Gasteiger partial charge in [0.2, 0.25) is 0 Å². The molecule has 1 aromatic rings. The van der Waals surface area contributed by atoms with E-state index < -0.39 is 35.8 Å². The normalized spacial score (nSPS) is 14.6. The van der Waals surface area contributed by atoms with E-state index in [9.17, 15) is 23.5 Å². The lowest BCUT2D eigenvalue weighted by molar-refractivity contribution is -0.211. The van der Waals surface area contributed by atoms with Crippen LogP contribution in [-0.2, 0) is 20.7 Å². The lowest BCUT2D eigenvalue weighted by Gasteiger charge is -2.30. The minimum absolute atomic E-state index is 0.00312. The van der Waals surface area contributed by atoms with E-state index in [1.165, 1.54) is 20.8 Å². The molecule has 0 fully saturated rings. The summed E-state index contributed by atoms with van der Waals surface area (Å²) in [4.78, 5) is 22.8. The van der Waals surface area contributed by atoms with E-state index >= 15 is 0 Å². The predicted octanol–water partition coefficient (Wildman–Crippen LogP) is 2.38. The molecule has 0 unspecified atom stereocenters. The van der Waals surface area contributed by atoms with Crippen molar-refractivity contribution in [3.8, 4) is 0 Å². The number of hydrogen-bond donors (Lipinski definition) is 2. The summed E-state index contributed by atoms with van der Waals surface area (Å²) in [5.41, 5.74) is 1.64. The van der Waals surface area contributed by atoms with Crippen molar-refractivity contribution in [3.63, 3.8) is 0 Å². The SMILES string of the molecule is CC(C)(C)OC(=O)OC(=O)C(F)(F)[C@](N)(O)CCc1ccccc1. The molecular formula is C16H21F2NO5. The molecule has 0 aromatic heterocycles. The summed E-state index contributed by atoms with van der Waals surface area (Å²) in [6.07, 6.45) is -2.21. The third-order valence-corrected chi connectivity index (χ3v) is 3.00. The Hall–Kier alpha value is -2.06. The zero-order valence-electron chi connectivity index (χ0n) is 13.7. The van der Waals surface area contributed by atoms with Crippen LogP contribution >= 0.6 is 0 Å². The van der Waals surface area contributed by atoms with Crippen molar-refractivity contribution in [3.05, 3.63) is 35.9 Å². The van der Waals surface area contributed by atoms with Crippen molar-refractivity contribution in [2.45, 2.75) is 50.9 Å². The van der Waals surface area contributed by atoms with Gasteiger partial charge in [0.1, 0.15) is 5.60 Å². The molecule has 1 rings (SSSR count). The second-order valence-electron chi connectivity index (χ2n) is 6.34. The molecule has 134 valence electrons. The van der Waals surface area contributed by atoms with Gasteiger partial charge in [0.05, 0.1) is 0 Å². The van der Waals surface area contributed by atoms with Gasteiger partial charge < -0.3 is 14.6 Å². The van der Waals surface area contributed by atoms with Crippen LogP contribution in [0.3, 0.4) is 0 Å². The van der Waals surface area contributed by atoms with Crippen LogP contribution in [0.4, 0.5) is 13.6 Å². The van der Waals surface area contributed by atoms with E-state index in [1.54, 1.807) is 30.3 Å². The summed E-state index contributed by atoms with van der Waals surface area (Å²) >= 11 is 0. The Morgan fingerprint density at radius 2 is 1.71 bits per heavy atom. The van der Waals surface area contributed by atoms with E-state index in [0.717, 1.165) is 0 Å². The van der Waals surface area contributed by atoms with E-state index in [1.807, 2.05) is 0 Å². The van der Waals surface area contributed by atoms with Gasteiger partial charge in [-0.1, -0.05) is 30.3 Å². The van der Waals surface area contributed by atoms with Crippen LogP contribution in [0.5, 0.6) is 0 Å². The van der Waals surface area contributed by atoms with Gasteiger partial charge in [-0.3, -0.25) is 5.73 Å². The van der Waals surface area contributed by atoms with Crippen molar-refractivity contribution >= 4 is 12.1 Å². The Kier molecular flexibility index (Phi) is 6.02. The highest BCUT2D eigenvalue weighted by Crippen LogP contribution is 2.30. The fourth-order valence-corrected chi connectivity index (χ4v) is 1.72. The number of esters is 1. The number of ether oxygens (including phenoxy) is 2. The first-order valence-corrected chi connectivity index (χ1v) is 7.23. The number of carbonyl (C=O) groups excluding carboxylic acids is 2. The zero-order chi connectivity index (χ0) is 18.6. The number of halogens is 2. The number of aliphatic hydroxyl groups is 1. The number of carbonyl (C=O) groups is 2. The first-order chi connectivity index (χ1) is 10.8. The first kappa shape index (κ1) is 20.0. The highest BCUT2D eigenvalue weighted by Gasteiger charge is 2.58. The number of nitrogens with two attached hydrogens (primary N) is 1. The van der Waals surface area contributed by atoms with E-state index in [-0.39, 0.29) is 6.42 Å². The van der Waals surface area contributed by atoms with Gasteiger partial charge in [0, 0.05) is 6.42 Å². The van der Waals surface area contributed by atoms with Crippen LogP contribution < -0.4 is 5.73 Å². The summed E-state index contributed by atoms with van der Waals surface area (Å²) in [5, 5.41) is 9.79. The minimum Gasteiger partial charge on any atom is -0.428 e. The Labute approximate surface area is 138 Å². The molecular weight excluding hydrogens is 324 g/mol. The lowest BCUT2D eigenvalue weighted by Crippen LogP contribution is -2.60. The summed E-state index contributed by atoms with van der Waals surface area (Å²) in [7, 11) is 0. The lowest BCUT2D eigenvalue weighted by atomic mass is 9.97. The fraction of sp³-hybridized carbons (Fsp3) is 0.500. The van der Waals surface area contributed by atoms with Crippen LogP contribution in [-0.4, -0.2) is 34.5 Å². The third-order valence-electron chi connectivity index (χ3n) is 3.00. The van der Waals surface area contributed by atoms with Gasteiger partial charge in [-0.15, -0.1) is 0 Å². The molecule has 3 N–H and O–H groups in total. The van der Waals surface area contributed by atoms with Gasteiger partial charge in [-0.05, 0) is 32.8 Å². The van der Waals surface area contributed by atoms with Crippen molar-refractivity contribution in [1.82, 2.24) is 0 Å². The maximum atomic E-state index is 14.0. The number of rotatable bonds is 5. The molecule has 0 aliphatic heterocycles. The van der Waals surface area contributed by atoms with Crippen molar-refractivity contribution in [2.75, 3.05) is 0 Å². The molecule has 6 nitrogen and oxygen atoms in total. The molecule has 0 amide bonds. The molecule has 1 atom stereocenters. The molecule has 0 aliphatic rings. The van der Waals surface area contributed by atoms with Crippen molar-refractivity contribution in [2.24, 2.45) is 5.73 Å². The molecule has 0 bridgehead atoms. The Morgan fingerprint density at radius 1 is 1.17 bits per heavy atom. The van der Waals surface area contributed by atoms with Crippen LogP contribution in [0.25, 0.3) is 0 Å². The van der Waals surface area contributed by atoms with E-state index in [0.29, 0.717) is 5.56 Å². The van der Waals surface area contributed by atoms with Crippen molar-refractivity contribution in [1.29, 1.82) is 0 Å². The second-order valence-corrected chi connectivity index (χ2v) is 6.34. The number of hydrogen-bond acceptors (Lipinski definition) is 6. The highest BCUT2D eigenvalue weighted by atomic mass is 19.3. The van der Waals surface area contributed by atoms with Gasteiger partial charge >= 0.3 is 18.0 Å². The number of alkyl halides is 2. The van der Waals surface area contributed by atoms with Gasteiger partial charge in [-0.2, -0.15) is 8.78 Å². The van der Waals surface area contributed by atoms with E-state index in [2.05, 4.69) is 9.47 Å². The molecule has 0 radical (unpaired) electrons. The zero-order valence-corrected chi connectivity index (χ0v) is 13.7. The predicted molar refractivity (Wildman–Crippen MR) is 81.2 cm³/mol. The fourth-order valence-electron chi connectivity index (χ4n) is 1.72. The largest absolute Gasteiger partial charge is 0.516 e. The summed E-state index contributed by atoms with van der Waals surface area (Å²) < 4.78 is 36.6. The van der Waals surface area contributed by atoms with Crippen LogP contribution in [0, 0.1) is 0 Å². The van der Waals surface area contributed by atoms with Crippen LogP contribution in [0.1, 0.15) is 32.8 Å². The van der Waals surface area contributed by atoms with Gasteiger partial charge in [-0.25, -0.2) is 9.59 Å². The molecule has 0 aliphatic carbocycles. The van der Waals surface area contributed by atoms with Crippen LogP contribution in [0.15, 0.2) is 30.3 Å². The molecule has 0 saturated carbocycles. The smallest absolute Gasteiger partial charge is 0.428 e. The average Bonchev–Trinajstić information content (AvgIpc) is 2.44. The van der Waals surface area contributed by atoms with E-state index in [4.69, 9.17) is 5.73 Å². The summed E-state index contributed by atoms with van der Waals surface area (Å²) in [6, 6.07) is 8.45. The maximum absolute atomic E-state index is 14.0. The number of aryl methyl sites for hydroxylation is 1. The summed E-state index contributed by atoms with van der Waals surface area (Å²) in [6.45, 7) is 4.40. The second kappa shape index (κ2) is 7.23.